The van der Waals surface area contributed by atoms with Crippen molar-refractivity contribution in [3.63, 3.8) is 0 Å². The second kappa shape index (κ2) is 7.03. The monoisotopic (exact) mass is 382 g/mol. The van der Waals surface area contributed by atoms with Gasteiger partial charge < -0.3 is 15.2 Å². The molecule has 2 aromatic heterocycles. The summed E-state index contributed by atoms with van der Waals surface area (Å²) in [6, 6.07) is 7.47. The molecule has 1 aromatic carbocycles. The van der Waals surface area contributed by atoms with Gasteiger partial charge in [-0.3, -0.25) is 14.6 Å². The molecule has 8 heteroatoms. The van der Waals surface area contributed by atoms with E-state index in [0.717, 1.165) is 0 Å². The number of aryl methyl sites for hydroxylation is 1. The largest absolute Gasteiger partial charge is 0.366 e. The van der Waals surface area contributed by atoms with Gasteiger partial charge in [-0.15, -0.1) is 0 Å². The lowest BCUT2D eigenvalue weighted by Gasteiger charge is -2.31. The summed E-state index contributed by atoms with van der Waals surface area (Å²) in [4.78, 5) is 30.8. The molecule has 1 fully saturated rings. The number of nitrogens with two attached hydrogens (primary N) is 1. The highest BCUT2D eigenvalue weighted by molar-refractivity contribution is 5.98. The number of carbonyl (C=O) groups excluding carboxylic acids is 2. The van der Waals surface area contributed by atoms with Gasteiger partial charge in [0.1, 0.15) is 5.82 Å². The molecule has 0 radical (unpaired) electrons. The highest BCUT2D eigenvalue weighted by Gasteiger charge is 2.29. The van der Waals surface area contributed by atoms with E-state index in [-0.39, 0.29) is 17.6 Å². The Kier molecular flexibility index (Phi) is 4.54. The Morgan fingerprint density at radius 1 is 1.21 bits per heavy atom. The Hall–Kier alpha value is -3.29. The lowest BCUT2D eigenvalue weighted by Crippen LogP contribution is -2.38. The highest BCUT2D eigenvalue weighted by Crippen LogP contribution is 2.31. The van der Waals surface area contributed by atoms with Gasteiger partial charge in [-0.1, -0.05) is 5.16 Å². The average molecular weight is 382 g/mol. The predicted octanol–water partition coefficient (Wildman–Crippen LogP) is 2.79. The summed E-state index contributed by atoms with van der Waals surface area (Å²) in [5, 5.41) is 4.28. The molecule has 144 valence electrons. The van der Waals surface area contributed by atoms with Crippen LogP contribution in [0.25, 0.3) is 10.9 Å². The van der Waals surface area contributed by atoms with Crippen LogP contribution in [0.5, 0.6) is 0 Å². The summed E-state index contributed by atoms with van der Waals surface area (Å²) < 4.78 is 18.5. The molecule has 2 N–H and O–H groups in total. The lowest BCUT2D eigenvalue weighted by molar-refractivity contribution is 0.0669. The van der Waals surface area contributed by atoms with E-state index in [1.54, 1.807) is 30.0 Å². The number of aromatic nitrogens is 2. The third kappa shape index (κ3) is 3.33. The lowest BCUT2D eigenvalue weighted by atomic mass is 9.89. The summed E-state index contributed by atoms with van der Waals surface area (Å²) in [5.41, 5.74) is 7.72. The number of benzene rings is 1. The van der Waals surface area contributed by atoms with Crippen LogP contribution < -0.4 is 5.73 Å². The molecular formula is C20H19FN4O3. The smallest absolute Gasteiger partial charge is 0.292 e. The van der Waals surface area contributed by atoms with Crippen LogP contribution in [0.3, 0.4) is 0 Å². The van der Waals surface area contributed by atoms with E-state index in [4.69, 9.17) is 10.3 Å². The second-order valence-electron chi connectivity index (χ2n) is 7.02. The normalized spacial score (nSPS) is 15.1. The number of rotatable bonds is 3. The van der Waals surface area contributed by atoms with Gasteiger partial charge in [-0.25, -0.2) is 4.39 Å². The van der Waals surface area contributed by atoms with Crippen molar-refractivity contribution in [2.24, 2.45) is 5.73 Å². The van der Waals surface area contributed by atoms with Crippen LogP contribution in [0.1, 0.15) is 51.1 Å². The molecule has 3 aromatic rings. The number of amides is 2. The van der Waals surface area contributed by atoms with Crippen LogP contribution in [0.15, 0.2) is 34.9 Å². The minimum absolute atomic E-state index is 0.0162. The zero-order valence-corrected chi connectivity index (χ0v) is 15.3. The number of hydrogen-bond donors (Lipinski definition) is 1. The first-order valence-electron chi connectivity index (χ1n) is 9.05. The first-order chi connectivity index (χ1) is 13.4. The van der Waals surface area contributed by atoms with E-state index in [9.17, 15) is 14.0 Å². The van der Waals surface area contributed by atoms with Crippen LogP contribution in [0, 0.1) is 12.7 Å². The molecule has 0 bridgehead atoms. The van der Waals surface area contributed by atoms with E-state index in [1.807, 2.05) is 0 Å². The highest BCUT2D eigenvalue weighted by atomic mass is 19.1. The third-order valence-electron chi connectivity index (χ3n) is 5.08. The molecule has 0 unspecified atom stereocenters. The molecule has 0 saturated carbocycles. The number of carbonyl (C=O) groups is 2. The molecule has 7 nitrogen and oxygen atoms in total. The molecule has 0 atom stereocenters. The number of nitrogens with zero attached hydrogens (tertiary/aromatic N) is 3. The van der Waals surface area contributed by atoms with Gasteiger partial charge >= 0.3 is 0 Å². The molecular weight excluding hydrogens is 363 g/mol. The van der Waals surface area contributed by atoms with Gasteiger partial charge in [-0.05, 0) is 44.0 Å². The summed E-state index contributed by atoms with van der Waals surface area (Å²) in [6.07, 6.45) is 1.28. The fourth-order valence-electron chi connectivity index (χ4n) is 3.65. The quantitative estimate of drug-likeness (QED) is 0.750. The number of primary amides is 1. The SMILES string of the molecule is Cc1cc(C(=O)N2CCC(c3nc4ccc(F)cc4cc3C(N)=O)CC2)on1. The molecule has 1 saturated heterocycles. The number of fused-ring (bicyclic) bond motifs is 1. The fourth-order valence-corrected chi connectivity index (χ4v) is 3.65. The van der Waals surface area contributed by atoms with Crippen LogP contribution in [-0.4, -0.2) is 39.9 Å². The zero-order valence-electron chi connectivity index (χ0n) is 15.3. The molecule has 3 heterocycles. The Bertz CT molecular complexity index is 1070. The Morgan fingerprint density at radius 3 is 2.61 bits per heavy atom. The van der Waals surface area contributed by atoms with Crippen molar-refractivity contribution in [2.45, 2.75) is 25.7 Å². The van der Waals surface area contributed by atoms with Crippen LogP contribution in [-0.2, 0) is 0 Å². The number of likely N-dealkylation sites (tertiary alicyclic amines) is 1. The van der Waals surface area contributed by atoms with E-state index in [0.29, 0.717) is 53.8 Å². The van der Waals surface area contributed by atoms with Crippen molar-refractivity contribution in [1.82, 2.24) is 15.0 Å². The Morgan fingerprint density at radius 2 is 1.96 bits per heavy atom. The number of hydrogen-bond acceptors (Lipinski definition) is 5. The summed E-state index contributed by atoms with van der Waals surface area (Å²) in [5.74, 6) is -0.982. The van der Waals surface area contributed by atoms with E-state index >= 15 is 0 Å². The first kappa shape index (κ1) is 18.1. The molecule has 1 aliphatic rings. The minimum Gasteiger partial charge on any atom is -0.366 e. The number of piperidine rings is 1. The van der Waals surface area contributed by atoms with Crippen molar-refractivity contribution in [2.75, 3.05) is 13.1 Å². The van der Waals surface area contributed by atoms with Crippen LogP contribution in [0.4, 0.5) is 4.39 Å². The van der Waals surface area contributed by atoms with Crippen molar-refractivity contribution in [1.29, 1.82) is 0 Å². The third-order valence-corrected chi connectivity index (χ3v) is 5.08. The number of halogens is 1. The van der Waals surface area contributed by atoms with E-state index in [1.165, 1.54) is 12.1 Å². The fraction of sp³-hybridized carbons (Fsp3) is 0.300. The standard InChI is InChI=1S/C20H19FN4O3/c1-11-8-17(28-24-11)20(27)25-6-4-12(5-7-25)18-15(19(22)26)10-13-9-14(21)2-3-16(13)23-18/h2-3,8-10,12H,4-7H2,1H3,(H2,22,26). The van der Waals surface area contributed by atoms with Gasteiger partial charge in [0.2, 0.25) is 5.76 Å². The van der Waals surface area contributed by atoms with Crippen molar-refractivity contribution in [3.05, 3.63) is 58.9 Å². The summed E-state index contributed by atoms with van der Waals surface area (Å²) in [6.45, 7) is 2.77. The molecule has 0 spiro atoms. The van der Waals surface area contributed by atoms with Crippen LogP contribution in [0.2, 0.25) is 0 Å². The van der Waals surface area contributed by atoms with Gasteiger partial charge in [0, 0.05) is 30.5 Å². The van der Waals surface area contributed by atoms with E-state index in [2.05, 4.69) is 10.1 Å². The van der Waals surface area contributed by atoms with Gasteiger partial charge in [0.15, 0.2) is 0 Å². The average Bonchev–Trinajstić information content (AvgIpc) is 3.12. The summed E-state index contributed by atoms with van der Waals surface area (Å²) >= 11 is 0. The molecule has 2 amide bonds. The second-order valence-corrected chi connectivity index (χ2v) is 7.02. The van der Waals surface area contributed by atoms with Gasteiger partial charge in [-0.2, -0.15) is 0 Å². The maximum atomic E-state index is 13.5. The van der Waals surface area contributed by atoms with Crippen molar-refractivity contribution < 1.29 is 18.5 Å². The first-order valence-corrected chi connectivity index (χ1v) is 9.05. The van der Waals surface area contributed by atoms with Crippen molar-refractivity contribution >= 4 is 22.7 Å². The molecule has 0 aliphatic carbocycles. The minimum atomic E-state index is -0.593. The number of pyridine rings is 1. The molecule has 4 rings (SSSR count). The zero-order chi connectivity index (χ0) is 19.8. The Labute approximate surface area is 160 Å². The van der Waals surface area contributed by atoms with Gasteiger partial charge in [0.25, 0.3) is 11.8 Å². The predicted molar refractivity (Wildman–Crippen MR) is 99.3 cm³/mol. The van der Waals surface area contributed by atoms with Crippen molar-refractivity contribution in [3.8, 4) is 0 Å². The van der Waals surface area contributed by atoms with Crippen LogP contribution >= 0.6 is 0 Å². The Balaban J connectivity index is 1.58. The van der Waals surface area contributed by atoms with Gasteiger partial charge in [0.05, 0.1) is 22.5 Å². The molecule has 28 heavy (non-hydrogen) atoms. The van der Waals surface area contributed by atoms with E-state index < -0.39 is 11.7 Å². The maximum absolute atomic E-state index is 13.5. The summed E-state index contributed by atoms with van der Waals surface area (Å²) in [7, 11) is 0. The maximum Gasteiger partial charge on any atom is 0.292 e. The topological polar surface area (TPSA) is 102 Å². The molecule has 1 aliphatic heterocycles.